The number of benzene rings is 1. The van der Waals surface area contributed by atoms with Gasteiger partial charge in [0, 0.05) is 25.0 Å². The van der Waals surface area contributed by atoms with Crippen molar-refractivity contribution < 1.29 is 9.84 Å². The molecule has 4 nitrogen and oxygen atoms in total. The summed E-state index contributed by atoms with van der Waals surface area (Å²) in [4.78, 5) is 6.83. The topological polar surface area (TPSA) is 45.6 Å². The predicted octanol–water partition coefficient (Wildman–Crippen LogP) is 2.86. The van der Waals surface area contributed by atoms with Crippen LogP contribution < -0.4 is 4.74 Å². The van der Waals surface area contributed by atoms with Gasteiger partial charge in [-0.2, -0.15) is 0 Å². The molecule has 1 aliphatic rings. The molecule has 0 aliphatic carbocycles. The van der Waals surface area contributed by atoms with Crippen LogP contribution in [-0.2, 0) is 6.54 Å². The fourth-order valence-electron chi connectivity index (χ4n) is 2.75. The number of para-hydroxylation sites is 1. The molecule has 0 unspecified atom stereocenters. The molecule has 3 rings (SSSR count). The Morgan fingerprint density at radius 2 is 2.18 bits per heavy atom. The van der Waals surface area contributed by atoms with Crippen LogP contribution in [0.2, 0.25) is 0 Å². The zero-order chi connectivity index (χ0) is 15.6. The maximum absolute atomic E-state index is 10.6. The zero-order valence-corrected chi connectivity index (χ0v) is 13.8. The lowest BCUT2D eigenvalue weighted by molar-refractivity contribution is -0.0966. The molecule has 1 N–H and O–H groups in total. The number of hydrogen-bond donors (Lipinski definition) is 1. The lowest BCUT2D eigenvalue weighted by Gasteiger charge is -2.42. The number of hydrogen-bond acceptors (Lipinski definition) is 5. The third-order valence-electron chi connectivity index (χ3n) is 4.13. The van der Waals surface area contributed by atoms with E-state index in [0.29, 0.717) is 13.0 Å². The standard InChI is InChI=1S/C17H22N2O2S/c1-13-18-14(12-22-13)10-19-9-8-17(2,20)16(11-19)21-15-6-4-3-5-7-15/h3-7,12,16,20H,8-11H2,1-2H3/t16-,17-/m0/s1. The first-order valence-corrected chi connectivity index (χ1v) is 8.48. The number of ether oxygens (including phenoxy) is 1. The molecule has 0 radical (unpaired) electrons. The molecule has 1 aliphatic heterocycles. The third-order valence-corrected chi connectivity index (χ3v) is 4.95. The number of aliphatic hydroxyl groups is 1. The second kappa shape index (κ2) is 6.36. The van der Waals surface area contributed by atoms with Crippen molar-refractivity contribution in [2.75, 3.05) is 13.1 Å². The van der Waals surface area contributed by atoms with Crippen LogP contribution in [0.4, 0.5) is 0 Å². The number of piperidine rings is 1. The van der Waals surface area contributed by atoms with E-state index in [1.807, 2.05) is 44.2 Å². The Bertz CT molecular complexity index is 612. The first-order valence-electron chi connectivity index (χ1n) is 7.60. The highest BCUT2D eigenvalue weighted by Crippen LogP contribution is 2.27. The van der Waals surface area contributed by atoms with Crippen molar-refractivity contribution in [1.82, 2.24) is 9.88 Å². The lowest BCUT2D eigenvalue weighted by Crippen LogP contribution is -2.56. The fourth-order valence-corrected chi connectivity index (χ4v) is 3.35. The number of aromatic nitrogens is 1. The van der Waals surface area contributed by atoms with Crippen LogP contribution in [0.1, 0.15) is 24.0 Å². The van der Waals surface area contributed by atoms with E-state index in [9.17, 15) is 5.11 Å². The highest BCUT2D eigenvalue weighted by molar-refractivity contribution is 7.09. The minimum Gasteiger partial charge on any atom is -0.486 e. The van der Waals surface area contributed by atoms with E-state index in [0.717, 1.165) is 29.5 Å². The Balaban J connectivity index is 1.67. The number of nitrogens with zero attached hydrogens (tertiary/aromatic N) is 2. The van der Waals surface area contributed by atoms with Crippen LogP contribution in [0.15, 0.2) is 35.7 Å². The van der Waals surface area contributed by atoms with E-state index < -0.39 is 5.60 Å². The molecule has 2 heterocycles. The Morgan fingerprint density at radius 3 is 2.86 bits per heavy atom. The molecule has 118 valence electrons. The predicted molar refractivity (Wildman–Crippen MR) is 88.2 cm³/mol. The normalized spacial score (nSPS) is 26.0. The minimum atomic E-state index is -0.801. The molecule has 0 amide bonds. The minimum absolute atomic E-state index is 0.233. The Kier molecular flexibility index (Phi) is 4.47. The number of aryl methyl sites for hydroxylation is 1. The summed E-state index contributed by atoms with van der Waals surface area (Å²) >= 11 is 1.68. The first kappa shape index (κ1) is 15.5. The molecule has 2 atom stereocenters. The van der Waals surface area contributed by atoms with Crippen LogP contribution >= 0.6 is 11.3 Å². The largest absolute Gasteiger partial charge is 0.486 e. The van der Waals surface area contributed by atoms with Gasteiger partial charge in [-0.25, -0.2) is 4.98 Å². The monoisotopic (exact) mass is 318 g/mol. The number of likely N-dealkylation sites (tertiary alicyclic amines) is 1. The van der Waals surface area contributed by atoms with Crippen LogP contribution in [0.3, 0.4) is 0 Å². The summed E-state index contributed by atoms with van der Waals surface area (Å²) in [5.74, 6) is 0.805. The molecule has 0 bridgehead atoms. The summed E-state index contributed by atoms with van der Waals surface area (Å²) in [6, 6.07) is 9.71. The summed E-state index contributed by atoms with van der Waals surface area (Å²) in [5, 5.41) is 13.8. The second-order valence-electron chi connectivity index (χ2n) is 6.12. The Hall–Kier alpha value is -1.43. The smallest absolute Gasteiger partial charge is 0.140 e. The van der Waals surface area contributed by atoms with E-state index >= 15 is 0 Å². The Morgan fingerprint density at radius 1 is 1.41 bits per heavy atom. The summed E-state index contributed by atoms with van der Waals surface area (Å²) in [5.41, 5.74) is 0.298. The molecule has 1 aromatic heterocycles. The summed E-state index contributed by atoms with van der Waals surface area (Å²) in [6.07, 6.45) is 0.469. The maximum Gasteiger partial charge on any atom is 0.140 e. The van der Waals surface area contributed by atoms with Gasteiger partial charge in [0.25, 0.3) is 0 Å². The molecule has 2 aromatic rings. The second-order valence-corrected chi connectivity index (χ2v) is 7.18. The van der Waals surface area contributed by atoms with E-state index in [2.05, 4.69) is 15.3 Å². The maximum atomic E-state index is 10.6. The summed E-state index contributed by atoms with van der Waals surface area (Å²) in [6.45, 7) is 6.27. The molecule has 5 heteroatoms. The molecular weight excluding hydrogens is 296 g/mol. The number of thiazole rings is 1. The zero-order valence-electron chi connectivity index (χ0n) is 13.0. The molecule has 1 aromatic carbocycles. The van der Waals surface area contributed by atoms with E-state index in [-0.39, 0.29) is 6.10 Å². The van der Waals surface area contributed by atoms with E-state index in [4.69, 9.17) is 4.74 Å². The van der Waals surface area contributed by atoms with Gasteiger partial charge in [0.2, 0.25) is 0 Å². The quantitative estimate of drug-likeness (QED) is 0.941. The van der Waals surface area contributed by atoms with Gasteiger partial charge >= 0.3 is 0 Å². The van der Waals surface area contributed by atoms with Gasteiger partial charge in [0.1, 0.15) is 17.5 Å². The third kappa shape index (κ3) is 3.66. The molecule has 22 heavy (non-hydrogen) atoms. The van der Waals surface area contributed by atoms with Crippen molar-refractivity contribution in [1.29, 1.82) is 0 Å². The molecule has 0 spiro atoms. The molecular formula is C17H22N2O2S. The Labute approximate surface area is 135 Å². The van der Waals surface area contributed by atoms with Crippen molar-refractivity contribution in [2.45, 2.75) is 38.5 Å². The van der Waals surface area contributed by atoms with Gasteiger partial charge in [0.15, 0.2) is 0 Å². The average molecular weight is 318 g/mol. The summed E-state index contributed by atoms with van der Waals surface area (Å²) in [7, 11) is 0. The lowest BCUT2D eigenvalue weighted by atomic mass is 9.90. The molecule has 1 saturated heterocycles. The van der Waals surface area contributed by atoms with Gasteiger partial charge in [-0.3, -0.25) is 4.90 Å². The van der Waals surface area contributed by atoms with E-state index in [1.165, 1.54) is 0 Å². The average Bonchev–Trinajstić information content (AvgIpc) is 2.89. The van der Waals surface area contributed by atoms with Crippen molar-refractivity contribution in [2.24, 2.45) is 0 Å². The van der Waals surface area contributed by atoms with Crippen molar-refractivity contribution in [3.63, 3.8) is 0 Å². The van der Waals surface area contributed by atoms with Gasteiger partial charge in [-0.15, -0.1) is 11.3 Å². The van der Waals surface area contributed by atoms with Crippen molar-refractivity contribution >= 4 is 11.3 Å². The van der Waals surface area contributed by atoms with Crippen LogP contribution in [0.25, 0.3) is 0 Å². The van der Waals surface area contributed by atoms with Crippen LogP contribution in [0, 0.1) is 6.92 Å². The van der Waals surface area contributed by atoms with E-state index in [1.54, 1.807) is 11.3 Å². The number of rotatable bonds is 4. The molecule has 0 saturated carbocycles. The van der Waals surface area contributed by atoms with Gasteiger partial charge < -0.3 is 9.84 Å². The molecule has 1 fully saturated rings. The fraction of sp³-hybridized carbons (Fsp3) is 0.471. The van der Waals surface area contributed by atoms with Gasteiger partial charge in [0.05, 0.1) is 10.7 Å². The van der Waals surface area contributed by atoms with Crippen molar-refractivity contribution in [3.8, 4) is 5.75 Å². The first-order chi connectivity index (χ1) is 10.5. The van der Waals surface area contributed by atoms with Gasteiger partial charge in [-0.1, -0.05) is 18.2 Å². The highest BCUT2D eigenvalue weighted by Gasteiger charge is 2.39. The summed E-state index contributed by atoms with van der Waals surface area (Å²) < 4.78 is 6.03. The van der Waals surface area contributed by atoms with Crippen LogP contribution in [0.5, 0.6) is 5.75 Å². The SMILES string of the molecule is Cc1nc(CN2CC[C@](C)(O)[C@@H](Oc3ccccc3)C2)cs1. The van der Waals surface area contributed by atoms with Gasteiger partial charge in [-0.05, 0) is 32.4 Å². The highest BCUT2D eigenvalue weighted by atomic mass is 32.1. The van der Waals surface area contributed by atoms with Crippen LogP contribution in [-0.4, -0.2) is 39.8 Å². The van der Waals surface area contributed by atoms with Crippen molar-refractivity contribution in [3.05, 3.63) is 46.4 Å².